The first kappa shape index (κ1) is 16.6. The van der Waals surface area contributed by atoms with Gasteiger partial charge in [-0.3, -0.25) is 18.7 Å². The van der Waals surface area contributed by atoms with Crippen molar-refractivity contribution in [2.45, 2.75) is 0 Å². The molecule has 0 aliphatic heterocycles. The maximum absolute atomic E-state index is 12.3. The number of ketones is 2. The Bertz CT molecular complexity index is 853. The lowest BCUT2D eigenvalue weighted by atomic mass is 9.82. The largest absolute Gasteiger partial charge is 0.398 e. The van der Waals surface area contributed by atoms with E-state index in [0.29, 0.717) is 11.1 Å². The van der Waals surface area contributed by atoms with Crippen molar-refractivity contribution in [2.75, 3.05) is 11.5 Å². The maximum atomic E-state index is 12.3. The fraction of sp³-hybridized carbons (Fsp3) is 0. The highest BCUT2D eigenvalue weighted by atomic mass is 32.3. The molecule has 0 aromatic heterocycles. The molecule has 0 heterocycles. The van der Waals surface area contributed by atoms with Gasteiger partial charge in [0.1, 0.15) is 0 Å². The van der Waals surface area contributed by atoms with Gasteiger partial charge in [0.25, 0.3) is 0 Å². The fourth-order valence-electron chi connectivity index (χ4n) is 2.27. The zero-order valence-corrected chi connectivity index (χ0v) is 12.4. The van der Waals surface area contributed by atoms with E-state index in [1.807, 2.05) is 0 Å². The van der Waals surface area contributed by atoms with Crippen LogP contribution in [0.4, 0.5) is 11.4 Å². The molecule has 0 saturated carbocycles. The van der Waals surface area contributed by atoms with E-state index in [1.165, 1.54) is 0 Å². The highest BCUT2D eigenvalue weighted by Crippen LogP contribution is 2.33. The van der Waals surface area contributed by atoms with Crippen LogP contribution >= 0.6 is 0 Å². The number of nitrogens with two attached hydrogens (primary N) is 2. The predicted octanol–water partition coefficient (Wildman–Crippen LogP) is 0.974. The summed E-state index contributed by atoms with van der Waals surface area (Å²) >= 11 is 0. The molecular formula is C14H12N2O6S. The summed E-state index contributed by atoms with van der Waals surface area (Å²) in [6.45, 7) is 0. The monoisotopic (exact) mass is 336 g/mol. The lowest BCUT2D eigenvalue weighted by Crippen LogP contribution is -2.23. The summed E-state index contributed by atoms with van der Waals surface area (Å²) in [5.74, 6) is -0.491. The summed E-state index contributed by atoms with van der Waals surface area (Å²) in [5, 5.41) is 0. The Balaban J connectivity index is 0.000000338. The van der Waals surface area contributed by atoms with Crippen LogP contribution in [0.3, 0.4) is 0 Å². The molecule has 8 nitrogen and oxygen atoms in total. The van der Waals surface area contributed by atoms with Crippen LogP contribution in [-0.4, -0.2) is 29.1 Å². The molecule has 9 heteroatoms. The van der Waals surface area contributed by atoms with Crippen molar-refractivity contribution < 1.29 is 27.1 Å². The van der Waals surface area contributed by atoms with Crippen LogP contribution in [0.2, 0.25) is 0 Å². The Morgan fingerprint density at radius 1 is 0.739 bits per heavy atom. The molecule has 1 aliphatic rings. The van der Waals surface area contributed by atoms with E-state index in [0.717, 1.165) is 0 Å². The normalized spacial score (nSPS) is 12.8. The first-order valence-corrected chi connectivity index (χ1v) is 7.57. The van der Waals surface area contributed by atoms with Crippen LogP contribution < -0.4 is 11.5 Å². The summed E-state index contributed by atoms with van der Waals surface area (Å²) in [6.07, 6.45) is 0. The van der Waals surface area contributed by atoms with Crippen LogP contribution in [0.15, 0.2) is 36.4 Å². The van der Waals surface area contributed by atoms with Crippen molar-refractivity contribution in [1.82, 2.24) is 0 Å². The van der Waals surface area contributed by atoms with E-state index in [2.05, 4.69) is 0 Å². The van der Waals surface area contributed by atoms with Gasteiger partial charge < -0.3 is 11.5 Å². The number of nitrogen functional groups attached to an aromatic ring is 2. The number of rotatable bonds is 0. The molecule has 0 fully saturated rings. The SMILES string of the molecule is Nc1ccc(N)c2c1C(=O)c1ccccc1C2=O.O=S(=O)(O)O. The van der Waals surface area contributed by atoms with E-state index >= 15 is 0 Å². The van der Waals surface area contributed by atoms with Gasteiger partial charge in [0, 0.05) is 22.5 Å². The molecule has 0 spiro atoms. The quantitative estimate of drug-likeness (QED) is 0.349. The summed E-state index contributed by atoms with van der Waals surface area (Å²) in [4.78, 5) is 24.7. The third kappa shape index (κ3) is 3.37. The summed E-state index contributed by atoms with van der Waals surface area (Å²) in [7, 11) is -4.67. The molecule has 0 unspecified atom stereocenters. The number of hydrogen-bond acceptors (Lipinski definition) is 6. The van der Waals surface area contributed by atoms with E-state index in [4.69, 9.17) is 29.0 Å². The molecule has 0 radical (unpaired) electrons. The third-order valence-corrected chi connectivity index (χ3v) is 3.14. The van der Waals surface area contributed by atoms with E-state index in [-0.39, 0.29) is 34.1 Å². The Morgan fingerprint density at radius 2 is 1.04 bits per heavy atom. The van der Waals surface area contributed by atoms with Crippen LogP contribution in [-0.2, 0) is 10.4 Å². The first-order chi connectivity index (χ1) is 10.6. The van der Waals surface area contributed by atoms with Gasteiger partial charge in [-0.2, -0.15) is 8.42 Å². The van der Waals surface area contributed by atoms with Crippen molar-refractivity contribution in [3.8, 4) is 0 Å². The lowest BCUT2D eigenvalue weighted by molar-refractivity contribution is 0.0980. The predicted molar refractivity (Wildman–Crippen MR) is 82.8 cm³/mol. The standard InChI is InChI=1S/C14H10N2O2.H2O4S/c15-9-5-6-10(16)12-11(9)13(17)7-3-1-2-4-8(7)14(12)18;1-5(2,3)4/h1-6H,15-16H2;(H2,1,2,3,4). The highest BCUT2D eigenvalue weighted by Gasteiger charge is 2.32. The van der Waals surface area contributed by atoms with Gasteiger partial charge >= 0.3 is 10.4 Å². The average molecular weight is 336 g/mol. The Kier molecular flexibility index (Phi) is 4.19. The van der Waals surface area contributed by atoms with Crippen molar-refractivity contribution >= 4 is 33.3 Å². The van der Waals surface area contributed by atoms with E-state index < -0.39 is 10.4 Å². The molecule has 23 heavy (non-hydrogen) atoms. The van der Waals surface area contributed by atoms with Crippen molar-refractivity contribution in [1.29, 1.82) is 0 Å². The third-order valence-electron chi connectivity index (χ3n) is 3.14. The van der Waals surface area contributed by atoms with Gasteiger partial charge in [-0.05, 0) is 12.1 Å². The van der Waals surface area contributed by atoms with Gasteiger partial charge in [0.15, 0.2) is 11.6 Å². The number of hydrogen-bond donors (Lipinski definition) is 4. The minimum Gasteiger partial charge on any atom is -0.398 e. The fourth-order valence-corrected chi connectivity index (χ4v) is 2.27. The van der Waals surface area contributed by atoms with Crippen LogP contribution in [0.25, 0.3) is 0 Å². The second kappa shape index (κ2) is 5.80. The van der Waals surface area contributed by atoms with Crippen LogP contribution in [0, 0.1) is 0 Å². The minimum absolute atomic E-state index is 0.221. The molecule has 0 saturated heterocycles. The molecule has 6 N–H and O–H groups in total. The lowest BCUT2D eigenvalue weighted by Gasteiger charge is -2.20. The molecule has 0 amide bonds. The zero-order valence-electron chi connectivity index (χ0n) is 11.6. The van der Waals surface area contributed by atoms with Crippen molar-refractivity contribution in [2.24, 2.45) is 0 Å². The molecular weight excluding hydrogens is 324 g/mol. The summed E-state index contributed by atoms with van der Waals surface area (Å²) in [6, 6.07) is 9.79. The Morgan fingerprint density at radius 3 is 1.35 bits per heavy atom. The van der Waals surface area contributed by atoms with Gasteiger partial charge in [-0.15, -0.1) is 0 Å². The Hall–Kier alpha value is -2.75. The van der Waals surface area contributed by atoms with Gasteiger partial charge in [-0.1, -0.05) is 24.3 Å². The highest BCUT2D eigenvalue weighted by molar-refractivity contribution is 7.79. The molecule has 3 rings (SSSR count). The van der Waals surface area contributed by atoms with Gasteiger partial charge in [-0.25, -0.2) is 0 Å². The van der Waals surface area contributed by atoms with Crippen molar-refractivity contribution in [3.63, 3.8) is 0 Å². The van der Waals surface area contributed by atoms with Gasteiger partial charge in [0.2, 0.25) is 0 Å². The van der Waals surface area contributed by atoms with E-state index in [1.54, 1.807) is 36.4 Å². The average Bonchev–Trinajstić information content (AvgIpc) is 2.45. The molecule has 2 aromatic rings. The smallest absolute Gasteiger partial charge is 0.394 e. The number of anilines is 2. The van der Waals surface area contributed by atoms with Gasteiger partial charge in [0.05, 0.1) is 11.1 Å². The second-order valence-corrected chi connectivity index (χ2v) is 5.54. The zero-order chi connectivity index (χ0) is 17.4. The van der Waals surface area contributed by atoms with Crippen molar-refractivity contribution in [3.05, 3.63) is 58.7 Å². The molecule has 1 aliphatic carbocycles. The summed E-state index contributed by atoms with van der Waals surface area (Å²) < 4.78 is 31.6. The Labute approximate surface area is 131 Å². The number of fused-ring (bicyclic) bond motifs is 2. The first-order valence-electron chi connectivity index (χ1n) is 6.17. The molecule has 2 aromatic carbocycles. The van der Waals surface area contributed by atoms with Crippen LogP contribution in [0.1, 0.15) is 31.8 Å². The second-order valence-electron chi connectivity index (χ2n) is 4.65. The molecule has 0 bridgehead atoms. The molecule has 0 atom stereocenters. The topological polar surface area (TPSA) is 161 Å². The number of carbonyl (C=O) groups is 2. The number of benzene rings is 2. The molecule has 120 valence electrons. The van der Waals surface area contributed by atoms with Crippen LogP contribution in [0.5, 0.6) is 0 Å². The maximum Gasteiger partial charge on any atom is 0.394 e. The number of carbonyl (C=O) groups excluding carboxylic acids is 2. The minimum atomic E-state index is -4.67. The summed E-state index contributed by atoms with van der Waals surface area (Å²) in [5.41, 5.74) is 13.4. The van der Waals surface area contributed by atoms with E-state index in [9.17, 15) is 9.59 Å².